The molecule has 114 valence electrons. The molecule has 3 nitrogen and oxygen atoms in total. The summed E-state index contributed by atoms with van der Waals surface area (Å²) >= 11 is 12.1. The highest BCUT2D eigenvalue weighted by atomic mass is 35.5. The highest BCUT2D eigenvalue weighted by Crippen LogP contribution is 2.30. The van der Waals surface area contributed by atoms with Gasteiger partial charge >= 0.3 is 0 Å². The Morgan fingerprint density at radius 1 is 0.955 bits per heavy atom. The fourth-order valence-electron chi connectivity index (χ4n) is 2.60. The molecule has 2 aromatic carbocycles. The lowest BCUT2D eigenvalue weighted by Gasteiger charge is -2.17. The summed E-state index contributed by atoms with van der Waals surface area (Å²) in [5.74, 6) is -0.219. The Labute approximate surface area is 139 Å². The van der Waals surface area contributed by atoms with E-state index in [9.17, 15) is 4.79 Å². The summed E-state index contributed by atoms with van der Waals surface area (Å²) in [6.45, 7) is 2.17. The zero-order valence-corrected chi connectivity index (χ0v) is 13.5. The third kappa shape index (κ3) is 3.21. The fourth-order valence-corrected chi connectivity index (χ4v) is 3.09. The van der Waals surface area contributed by atoms with Crippen LogP contribution in [0.2, 0.25) is 10.0 Å². The number of hydrogen-bond donors (Lipinski definition) is 1. The molecule has 0 bridgehead atoms. The number of nitrogens with zero attached hydrogens (tertiary/aromatic N) is 1. The van der Waals surface area contributed by atoms with E-state index in [4.69, 9.17) is 23.2 Å². The molecule has 1 aliphatic rings. The summed E-state index contributed by atoms with van der Waals surface area (Å²) < 4.78 is 0. The Hall–Kier alpha value is -1.71. The number of carbonyl (C=O) groups excluding carboxylic acids is 1. The second-order valence-electron chi connectivity index (χ2n) is 5.29. The molecule has 1 N–H and O–H groups in total. The van der Waals surface area contributed by atoms with Gasteiger partial charge in [-0.1, -0.05) is 29.3 Å². The molecule has 0 aliphatic carbocycles. The molecule has 1 aliphatic heterocycles. The van der Waals surface area contributed by atoms with Crippen LogP contribution in [0.15, 0.2) is 42.5 Å². The van der Waals surface area contributed by atoms with Gasteiger partial charge in [0.15, 0.2) is 0 Å². The van der Waals surface area contributed by atoms with E-state index in [0.717, 1.165) is 18.8 Å². The van der Waals surface area contributed by atoms with Crippen molar-refractivity contribution < 1.29 is 4.79 Å². The highest BCUT2D eigenvalue weighted by Gasteiger charge is 2.14. The maximum atomic E-state index is 12.3. The van der Waals surface area contributed by atoms with Gasteiger partial charge in [0.25, 0.3) is 5.91 Å². The Kier molecular flexibility index (Phi) is 4.55. The third-order valence-electron chi connectivity index (χ3n) is 3.80. The van der Waals surface area contributed by atoms with Gasteiger partial charge in [0.1, 0.15) is 0 Å². The number of rotatable bonds is 3. The summed E-state index contributed by atoms with van der Waals surface area (Å²) in [5, 5.41) is 3.62. The third-order valence-corrected chi connectivity index (χ3v) is 4.43. The largest absolute Gasteiger partial charge is 0.372 e. The van der Waals surface area contributed by atoms with Gasteiger partial charge in [0, 0.05) is 24.3 Å². The lowest BCUT2D eigenvalue weighted by atomic mass is 10.1. The van der Waals surface area contributed by atoms with Gasteiger partial charge < -0.3 is 10.2 Å². The second-order valence-corrected chi connectivity index (χ2v) is 6.11. The first-order chi connectivity index (χ1) is 10.6. The van der Waals surface area contributed by atoms with Crippen molar-refractivity contribution in [1.82, 2.24) is 0 Å². The van der Waals surface area contributed by atoms with E-state index >= 15 is 0 Å². The van der Waals surface area contributed by atoms with E-state index in [1.807, 2.05) is 24.3 Å². The molecule has 3 rings (SSSR count). The van der Waals surface area contributed by atoms with Gasteiger partial charge in [-0.3, -0.25) is 4.79 Å². The average Bonchev–Trinajstić information content (AvgIpc) is 3.05. The molecule has 0 spiro atoms. The number of para-hydroxylation sites is 1. The van der Waals surface area contributed by atoms with Gasteiger partial charge in [-0.15, -0.1) is 0 Å². The smallest absolute Gasteiger partial charge is 0.255 e. The van der Waals surface area contributed by atoms with Crippen LogP contribution in [0.3, 0.4) is 0 Å². The van der Waals surface area contributed by atoms with E-state index in [1.165, 1.54) is 12.8 Å². The van der Waals surface area contributed by atoms with Crippen molar-refractivity contribution in [2.75, 3.05) is 23.3 Å². The number of anilines is 2. The SMILES string of the molecule is O=C(Nc1c(Cl)cccc1Cl)c1ccc(N2CCCC2)cc1. The van der Waals surface area contributed by atoms with Crippen LogP contribution in [0.4, 0.5) is 11.4 Å². The number of carbonyl (C=O) groups is 1. The van der Waals surface area contributed by atoms with Crippen LogP contribution in [0.25, 0.3) is 0 Å². The zero-order chi connectivity index (χ0) is 15.5. The monoisotopic (exact) mass is 334 g/mol. The molecule has 2 aromatic rings. The molecule has 1 saturated heterocycles. The van der Waals surface area contributed by atoms with Crippen molar-refractivity contribution in [3.8, 4) is 0 Å². The first-order valence-electron chi connectivity index (χ1n) is 7.25. The molecule has 5 heteroatoms. The maximum absolute atomic E-state index is 12.3. The summed E-state index contributed by atoms with van der Waals surface area (Å²) in [6, 6.07) is 12.7. The van der Waals surface area contributed by atoms with Gasteiger partial charge in [-0.25, -0.2) is 0 Å². The highest BCUT2D eigenvalue weighted by molar-refractivity contribution is 6.40. The maximum Gasteiger partial charge on any atom is 0.255 e. The Morgan fingerprint density at radius 3 is 2.14 bits per heavy atom. The van der Waals surface area contributed by atoms with Crippen molar-refractivity contribution in [2.45, 2.75) is 12.8 Å². The molecule has 1 amide bonds. The average molecular weight is 335 g/mol. The van der Waals surface area contributed by atoms with Crippen LogP contribution in [-0.4, -0.2) is 19.0 Å². The van der Waals surface area contributed by atoms with Gasteiger partial charge in [0.05, 0.1) is 15.7 Å². The van der Waals surface area contributed by atoms with Crippen LogP contribution in [-0.2, 0) is 0 Å². The van der Waals surface area contributed by atoms with E-state index in [2.05, 4.69) is 10.2 Å². The summed E-state index contributed by atoms with van der Waals surface area (Å²) in [6.07, 6.45) is 2.46. The van der Waals surface area contributed by atoms with Crippen LogP contribution < -0.4 is 10.2 Å². The zero-order valence-electron chi connectivity index (χ0n) is 12.0. The van der Waals surface area contributed by atoms with Crippen LogP contribution >= 0.6 is 23.2 Å². The summed E-state index contributed by atoms with van der Waals surface area (Å²) in [5.41, 5.74) is 2.18. The molecular formula is C17H16Cl2N2O. The lowest BCUT2D eigenvalue weighted by molar-refractivity contribution is 0.102. The number of benzene rings is 2. The molecule has 0 saturated carbocycles. The Bertz CT molecular complexity index is 659. The first-order valence-corrected chi connectivity index (χ1v) is 8.01. The van der Waals surface area contributed by atoms with E-state index in [-0.39, 0.29) is 5.91 Å². The predicted octanol–water partition coefficient (Wildman–Crippen LogP) is 4.85. The molecule has 0 unspecified atom stereocenters. The van der Waals surface area contributed by atoms with Crippen LogP contribution in [0.1, 0.15) is 23.2 Å². The molecular weight excluding hydrogens is 319 g/mol. The molecule has 0 aromatic heterocycles. The number of halogens is 2. The van der Waals surface area contributed by atoms with Gasteiger partial charge in [-0.2, -0.15) is 0 Å². The number of amides is 1. The standard InChI is InChI=1S/C17H16Cl2N2O/c18-14-4-3-5-15(19)16(14)20-17(22)12-6-8-13(9-7-12)21-10-1-2-11-21/h3-9H,1-2,10-11H2,(H,20,22). The molecule has 1 heterocycles. The van der Waals surface area contributed by atoms with Gasteiger partial charge in [-0.05, 0) is 49.2 Å². The van der Waals surface area contributed by atoms with Crippen molar-refractivity contribution in [1.29, 1.82) is 0 Å². The Balaban J connectivity index is 1.75. The van der Waals surface area contributed by atoms with Crippen molar-refractivity contribution in [3.05, 3.63) is 58.1 Å². The predicted molar refractivity (Wildman–Crippen MR) is 92.3 cm³/mol. The minimum atomic E-state index is -0.219. The van der Waals surface area contributed by atoms with E-state index < -0.39 is 0 Å². The van der Waals surface area contributed by atoms with Crippen molar-refractivity contribution in [2.24, 2.45) is 0 Å². The molecule has 0 radical (unpaired) electrons. The second kappa shape index (κ2) is 6.59. The normalized spacial score (nSPS) is 14.2. The molecule has 0 atom stereocenters. The quantitative estimate of drug-likeness (QED) is 0.870. The summed E-state index contributed by atoms with van der Waals surface area (Å²) in [7, 11) is 0. The topological polar surface area (TPSA) is 32.3 Å². The lowest BCUT2D eigenvalue weighted by Crippen LogP contribution is -2.18. The van der Waals surface area contributed by atoms with Crippen molar-refractivity contribution >= 4 is 40.5 Å². The molecule has 1 fully saturated rings. The van der Waals surface area contributed by atoms with Crippen LogP contribution in [0.5, 0.6) is 0 Å². The summed E-state index contributed by atoms with van der Waals surface area (Å²) in [4.78, 5) is 14.6. The minimum absolute atomic E-state index is 0.219. The van der Waals surface area contributed by atoms with Crippen molar-refractivity contribution in [3.63, 3.8) is 0 Å². The first kappa shape index (κ1) is 15.2. The number of hydrogen-bond acceptors (Lipinski definition) is 2. The fraction of sp³-hybridized carbons (Fsp3) is 0.235. The molecule has 22 heavy (non-hydrogen) atoms. The van der Waals surface area contributed by atoms with Gasteiger partial charge in [0.2, 0.25) is 0 Å². The minimum Gasteiger partial charge on any atom is -0.372 e. The number of nitrogens with one attached hydrogen (secondary N) is 1. The Morgan fingerprint density at radius 2 is 1.55 bits per heavy atom. The van der Waals surface area contributed by atoms with E-state index in [1.54, 1.807) is 18.2 Å². The van der Waals surface area contributed by atoms with Crippen LogP contribution in [0, 0.1) is 0 Å². The van der Waals surface area contributed by atoms with E-state index in [0.29, 0.717) is 21.3 Å².